The van der Waals surface area contributed by atoms with Gasteiger partial charge in [-0.15, -0.1) is 0 Å². The third-order valence-electron chi connectivity index (χ3n) is 3.57. The first-order valence-electron chi connectivity index (χ1n) is 7.08. The van der Waals surface area contributed by atoms with Crippen LogP contribution in [0.3, 0.4) is 0 Å². The Morgan fingerprint density at radius 2 is 2.24 bits per heavy atom. The molecule has 108 valence electrons. The molecular formula is C17H19N3O. The number of para-hydroxylation sites is 1. The van der Waals surface area contributed by atoms with Gasteiger partial charge < -0.3 is 20.8 Å². The molecule has 0 radical (unpaired) electrons. The molecule has 1 aromatic carbocycles. The van der Waals surface area contributed by atoms with Gasteiger partial charge in [0.15, 0.2) is 0 Å². The Morgan fingerprint density at radius 3 is 3.00 bits per heavy atom. The van der Waals surface area contributed by atoms with Crippen LogP contribution in [-0.2, 0) is 0 Å². The summed E-state index contributed by atoms with van der Waals surface area (Å²) in [5.41, 5.74) is 4.49. The second-order valence-electron chi connectivity index (χ2n) is 5.27. The fourth-order valence-corrected chi connectivity index (χ4v) is 2.55. The van der Waals surface area contributed by atoms with Crippen molar-refractivity contribution in [1.29, 1.82) is 5.41 Å². The van der Waals surface area contributed by atoms with Crippen LogP contribution >= 0.6 is 0 Å². The molecule has 4 heteroatoms. The van der Waals surface area contributed by atoms with Crippen molar-refractivity contribution < 1.29 is 4.74 Å². The van der Waals surface area contributed by atoms with Gasteiger partial charge in [0.1, 0.15) is 12.4 Å². The van der Waals surface area contributed by atoms with Gasteiger partial charge in [-0.2, -0.15) is 0 Å². The average Bonchev–Trinajstić information content (AvgIpc) is 2.49. The van der Waals surface area contributed by atoms with Crippen molar-refractivity contribution in [1.82, 2.24) is 5.32 Å². The Bertz CT molecular complexity index is 671. The van der Waals surface area contributed by atoms with E-state index in [0.717, 1.165) is 28.1 Å². The van der Waals surface area contributed by atoms with E-state index >= 15 is 0 Å². The zero-order valence-electron chi connectivity index (χ0n) is 12.2. The summed E-state index contributed by atoms with van der Waals surface area (Å²) >= 11 is 0. The molecule has 1 atom stereocenters. The van der Waals surface area contributed by atoms with Crippen molar-refractivity contribution in [2.45, 2.75) is 13.0 Å². The minimum Gasteiger partial charge on any atom is -0.489 e. The van der Waals surface area contributed by atoms with Crippen molar-refractivity contribution >= 4 is 17.0 Å². The summed E-state index contributed by atoms with van der Waals surface area (Å²) in [6.07, 6.45) is 7.72. The van der Waals surface area contributed by atoms with E-state index in [1.54, 1.807) is 0 Å². The van der Waals surface area contributed by atoms with E-state index < -0.39 is 0 Å². The highest BCUT2D eigenvalue weighted by molar-refractivity contribution is 6.15. The van der Waals surface area contributed by atoms with Gasteiger partial charge in [-0.05, 0) is 24.6 Å². The Balaban J connectivity index is 2.00. The van der Waals surface area contributed by atoms with E-state index in [2.05, 4.69) is 23.6 Å². The van der Waals surface area contributed by atoms with Crippen molar-refractivity contribution in [2.75, 3.05) is 19.0 Å². The molecule has 2 aliphatic rings. The molecule has 4 nitrogen and oxygen atoms in total. The summed E-state index contributed by atoms with van der Waals surface area (Å²) in [6, 6.07) is 6.31. The van der Waals surface area contributed by atoms with Crippen LogP contribution in [0.15, 0.2) is 48.2 Å². The maximum absolute atomic E-state index is 8.12. The number of hydrogen-bond acceptors (Lipinski definition) is 4. The topological polar surface area (TPSA) is 57.1 Å². The van der Waals surface area contributed by atoms with Crippen LogP contribution in [-0.4, -0.2) is 25.4 Å². The van der Waals surface area contributed by atoms with E-state index in [4.69, 9.17) is 10.1 Å². The Labute approximate surface area is 124 Å². The monoisotopic (exact) mass is 281 g/mol. The maximum atomic E-state index is 8.12. The van der Waals surface area contributed by atoms with E-state index in [-0.39, 0.29) is 6.04 Å². The van der Waals surface area contributed by atoms with Crippen molar-refractivity contribution in [3.8, 4) is 5.75 Å². The molecule has 0 spiro atoms. The summed E-state index contributed by atoms with van der Waals surface area (Å²) in [5.74, 6) is 0.878. The fourth-order valence-electron chi connectivity index (χ4n) is 2.55. The van der Waals surface area contributed by atoms with Gasteiger partial charge in [0, 0.05) is 24.4 Å². The lowest BCUT2D eigenvalue weighted by Gasteiger charge is -2.27. The molecule has 0 amide bonds. The van der Waals surface area contributed by atoms with E-state index in [1.807, 2.05) is 43.6 Å². The maximum Gasteiger partial charge on any atom is 0.143 e. The highest BCUT2D eigenvalue weighted by Crippen LogP contribution is 2.37. The van der Waals surface area contributed by atoms with Crippen LogP contribution in [0.4, 0.5) is 5.69 Å². The molecule has 0 fully saturated rings. The molecule has 0 saturated heterocycles. The van der Waals surface area contributed by atoms with Crippen LogP contribution in [0.5, 0.6) is 5.75 Å². The van der Waals surface area contributed by atoms with E-state index in [9.17, 15) is 0 Å². The first kappa shape index (κ1) is 13.5. The Hall–Kier alpha value is -2.49. The first-order valence-corrected chi connectivity index (χ1v) is 7.08. The third kappa shape index (κ3) is 2.57. The van der Waals surface area contributed by atoms with Gasteiger partial charge in [0.2, 0.25) is 0 Å². The number of nitrogens with one attached hydrogen (secondary N) is 3. The number of fused-ring (bicyclic) bond motifs is 1. The summed E-state index contributed by atoms with van der Waals surface area (Å²) in [4.78, 5) is 0. The molecule has 1 aliphatic heterocycles. The second kappa shape index (κ2) is 5.48. The molecule has 21 heavy (non-hydrogen) atoms. The lowest BCUT2D eigenvalue weighted by Crippen LogP contribution is -2.28. The fraction of sp³-hybridized carbons (Fsp3) is 0.235. The number of hydrogen-bond donors (Lipinski definition) is 3. The molecular weight excluding hydrogens is 262 g/mol. The zero-order valence-corrected chi connectivity index (χ0v) is 12.2. The second-order valence-corrected chi connectivity index (χ2v) is 5.27. The van der Waals surface area contributed by atoms with E-state index in [0.29, 0.717) is 12.3 Å². The van der Waals surface area contributed by atoms with Gasteiger partial charge in [-0.3, -0.25) is 0 Å². The van der Waals surface area contributed by atoms with Crippen LogP contribution in [0, 0.1) is 5.41 Å². The van der Waals surface area contributed by atoms with Gasteiger partial charge in [0.25, 0.3) is 0 Å². The molecule has 1 aliphatic carbocycles. The van der Waals surface area contributed by atoms with Crippen molar-refractivity contribution in [3.63, 3.8) is 0 Å². The Morgan fingerprint density at radius 1 is 1.38 bits per heavy atom. The first-order chi connectivity index (χ1) is 10.2. The van der Waals surface area contributed by atoms with Crippen LogP contribution < -0.4 is 15.4 Å². The van der Waals surface area contributed by atoms with E-state index in [1.165, 1.54) is 0 Å². The summed E-state index contributed by atoms with van der Waals surface area (Å²) in [5, 5.41) is 14.6. The number of allylic oxidation sites excluding steroid dienone is 5. The summed E-state index contributed by atoms with van der Waals surface area (Å²) < 4.78 is 5.76. The number of rotatable bonds is 2. The average molecular weight is 281 g/mol. The lowest BCUT2D eigenvalue weighted by atomic mass is 9.94. The quantitative estimate of drug-likeness (QED) is 0.781. The van der Waals surface area contributed by atoms with Gasteiger partial charge in [0.05, 0.1) is 17.4 Å². The Kier molecular flexibility index (Phi) is 3.52. The minimum atomic E-state index is 0.283. The van der Waals surface area contributed by atoms with Gasteiger partial charge >= 0.3 is 0 Å². The predicted octanol–water partition coefficient (Wildman–Crippen LogP) is 2.96. The van der Waals surface area contributed by atoms with Gasteiger partial charge in [-0.25, -0.2) is 0 Å². The van der Waals surface area contributed by atoms with Crippen molar-refractivity contribution in [3.05, 3.63) is 53.8 Å². The smallest absolute Gasteiger partial charge is 0.143 e. The molecule has 0 unspecified atom stereocenters. The third-order valence-corrected chi connectivity index (χ3v) is 3.57. The van der Waals surface area contributed by atoms with Gasteiger partial charge in [-0.1, -0.05) is 24.3 Å². The predicted molar refractivity (Wildman–Crippen MR) is 87.0 cm³/mol. The number of benzene rings is 1. The molecule has 1 aromatic rings. The number of ether oxygens (including phenoxy) is 1. The molecule has 0 aromatic heterocycles. The summed E-state index contributed by atoms with van der Waals surface area (Å²) in [7, 11) is 1.84. The standard InChI is InChI=1S/C17H19N3O/c1-11-10-21-16-5-3-4-14(17(16)20-11)12-6-7-13(9-19-2)15(18)8-12/h3-9,11,18-20H,10H2,1-2H3/b13-9-,18-15?/t11-/m1/s1. The highest BCUT2D eigenvalue weighted by Gasteiger charge is 2.20. The lowest BCUT2D eigenvalue weighted by molar-refractivity contribution is 0.292. The molecule has 3 rings (SSSR count). The molecule has 3 N–H and O–H groups in total. The van der Waals surface area contributed by atoms with Crippen LogP contribution in [0.2, 0.25) is 0 Å². The van der Waals surface area contributed by atoms with Crippen LogP contribution in [0.25, 0.3) is 5.57 Å². The molecule has 0 saturated carbocycles. The minimum absolute atomic E-state index is 0.283. The SMILES string of the molecule is CN/C=C1/C=CC(c2cccc3c2N[C@H](C)CO3)=CC1=N. The van der Waals surface area contributed by atoms with Crippen LogP contribution in [0.1, 0.15) is 12.5 Å². The summed E-state index contributed by atoms with van der Waals surface area (Å²) in [6.45, 7) is 2.77. The zero-order chi connectivity index (χ0) is 14.8. The number of anilines is 1. The normalized spacial score (nSPS) is 22.2. The molecule has 1 heterocycles. The van der Waals surface area contributed by atoms with Crippen molar-refractivity contribution in [2.24, 2.45) is 0 Å². The highest BCUT2D eigenvalue weighted by atomic mass is 16.5. The largest absolute Gasteiger partial charge is 0.489 e. The molecule has 0 bridgehead atoms.